The van der Waals surface area contributed by atoms with Gasteiger partial charge in [0.15, 0.2) is 0 Å². The third-order valence-corrected chi connectivity index (χ3v) is 2.41. The molecule has 1 saturated heterocycles. The molecule has 0 aromatic carbocycles. The largest absolute Gasteiger partial charge is 0.381 e. The van der Waals surface area contributed by atoms with Gasteiger partial charge in [-0.1, -0.05) is 0 Å². The zero-order valence-electron chi connectivity index (χ0n) is 8.08. The molecule has 76 valence electrons. The van der Waals surface area contributed by atoms with Gasteiger partial charge in [-0.05, 0) is 32.2 Å². The first-order valence-corrected chi connectivity index (χ1v) is 4.84. The maximum atomic E-state index is 10.9. The zero-order chi connectivity index (χ0) is 9.68. The van der Waals surface area contributed by atoms with Crippen LogP contribution in [0.1, 0.15) is 19.8 Å². The highest BCUT2D eigenvalue weighted by Gasteiger charge is 2.24. The summed E-state index contributed by atoms with van der Waals surface area (Å²) in [5, 5.41) is 3.09. The minimum Gasteiger partial charge on any atom is -0.381 e. The number of carbonyl (C=O) groups excluding carboxylic acids is 1. The molecule has 0 aromatic heterocycles. The molecule has 0 radical (unpaired) electrons. The molecule has 4 nitrogen and oxygen atoms in total. The summed E-state index contributed by atoms with van der Waals surface area (Å²) in [6.45, 7) is 4.34. The summed E-state index contributed by atoms with van der Waals surface area (Å²) < 4.78 is 5.32. The zero-order valence-corrected chi connectivity index (χ0v) is 8.08. The van der Waals surface area contributed by atoms with Crippen molar-refractivity contribution >= 4 is 5.91 Å². The maximum absolute atomic E-state index is 10.9. The lowest BCUT2D eigenvalue weighted by Gasteiger charge is -2.28. The van der Waals surface area contributed by atoms with Gasteiger partial charge in [0.25, 0.3) is 0 Å². The highest BCUT2D eigenvalue weighted by atomic mass is 16.5. The van der Waals surface area contributed by atoms with E-state index in [-0.39, 0.29) is 11.9 Å². The van der Waals surface area contributed by atoms with E-state index in [0.29, 0.717) is 5.92 Å². The number of piperidine rings is 1. The van der Waals surface area contributed by atoms with Crippen LogP contribution in [0.2, 0.25) is 0 Å². The van der Waals surface area contributed by atoms with Gasteiger partial charge in [0, 0.05) is 13.2 Å². The number of hydrogen-bond acceptors (Lipinski definition) is 3. The van der Waals surface area contributed by atoms with Gasteiger partial charge in [-0.15, -0.1) is 0 Å². The summed E-state index contributed by atoms with van der Waals surface area (Å²) in [6, 6.07) is -0.154. The normalized spacial score (nSPS) is 28.7. The third kappa shape index (κ3) is 3.32. The van der Waals surface area contributed by atoms with Crippen LogP contribution in [-0.4, -0.2) is 31.7 Å². The van der Waals surface area contributed by atoms with E-state index in [4.69, 9.17) is 10.5 Å². The molecule has 1 rings (SSSR count). The van der Waals surface area contributed by atoms with Gasteiger partial charge in [0.05, 0.1) is 6.04 Å². The summed E-state index contributed by atoms with van der Waals surface area (Å²) >= 11 is 0. The second kappa shape index (κ2) is 5.19. The Morgan fingerprint density at radius 2 is 2.46 bits per heavy atom. The fourth-order valence-corrected chi connectivity index (χ4v) is 1.65. The first kappa shape index (κ1) is 10.5. The van der Waals surface area contributed by atoms with Crippen LogP contribution in [-0.2, 0) is 9.53 Å². The standard InChI is InChI=1S/C9H18N2O2/c1-2-13-6-7-3-4-11-8(5-7)9(10)12/h7-8,11H,2-6H2,1H3,(H2,10,12). The molecule has 2 atom stereocenters. The minimum absolute atomic E-state index is 0.154. The molecule has 0 aliphatic carbocycles. The molecule has 1 amide bonds. The van der Waals surface area contributed by atoms with Crippen molar-refractivity contribution in [1.82, 2.24) is 5.32 Å². The Morgan fingerprint density at radius 1 is 1.69 bits per heavy atom. The number of rotatable bonds is 4. The predicted molar refractivity (Wildman–Crippen MR) is 50.2 cm³/mol. The summed E-state index contributed by atoms with van der Waals surface area (Å²) in [5.74, 6) is 0.236. The van der Waals surface area contributed by atoms with Gasteiger partial charge in [0.2, 0.25) is 5.91 Å². The fourth-order valence-electron chi connectivity index (χ4n) is 1.65. The Morgan fingerprint density at radius 3 is 3.08 bits per heavy atom. The van der Waals surface area contributed by atoms with Crippen molar-refractivity contribution in [2.75, 3.05) is 19.8 Å². The average Bonchev–Trinajstić information content (AvgIpc) is 2.15. The van der Waals surface area contributed by atoms with Crippen molar-refractivity contribution in [3.05, 3.63) is 0 Å². The SMILES string of the molecule is CCOCC1CCNC(C(N)=O)C1. The fraction of sp³-hybridized carbons (Fsp3) is 0.889. The smallest absolute Gasteiger partial charge is 0.234 e. The van der Waals surface area contributed by atoms with E-state index in [2.05, 4.69) is 5.32 Å². The molecule has 2 unspecified atom stereocenters. The molecule has 0 saturated carbocycles. The third-order valence-electron chi connectivity index (χ3n) is 2.41. The topological polar surface area (TPSA) is 64.3 Å². The molecular weight excluding hydrogens is 168 g/mol. The van der Waals surface area contributed by atoms with Crippen LogP contribution in [0.5, 0.6) is 0 Å². The predicted octanol–water partition coefficient (Wildman–Crippen LogP) is -0.124. The Balaban J connectivity index is 2.29. The Bertz CT molecular complexity index is 173. The average molecular weight is 186 g/mol. The van der Waals surface area contributed by atoms with Gasteiger partial charge in [0.1, 0.15) is 0 Å². The van der Waals surface area contributed by atoms with Crippen molar-refractivity contribution in [2.24, 2.45) is 11.7 Å². The van der Waals surface area contributed by atoms with Crippen LogP contribution < -0.4 is 11.1 Å². The molecule has 0 aromatic rings. The lowest BCUT2D eigenvalue weighted by Crippen LogP contribution is -2.47. The van der Waals surface area contributed by atoms with Crippen LogP contribution in [0, 0.1) is 5.92 Å². The Labute approximate surface area is 78.8 Å². The van der Waals surface area contributed by atoms with E-state index in [1.807, 2.05) is 6.92 Å². The molecule has 4 heteroatoms. The van der Waals surface area contributed by atoms with E-state index < -0.39 is 0 Å². The second-order valence-corrected chi connectivity index (χ2v) is 3.46. The number of nitrogens with one attached hydrogen (secondary N) is 1. The van der Waals surface area contributed by atoms with Crippen molar-refractivity contribution in [3.8, 4) is 0 Å². The maximum Gasteiger partial charge on any atom is 0.234 e. The number of ether oxygens (including phenoxy) is 1. The number of carbonyl (C=O) groups is 1. The molecule has 3 N–H and O–H groups in total. The van der Waals surface area contributed by atoms with Gasteiger partial charge < -0.3 is 15.8 Å². The summed E-state index contributed by atoms with van der Waals surface area (Å²) in [7, 11) is 0. The van der Waals surface area contributed by atoms with Gasteiger partial charge >= 0.3 is 0 Å². The summed E-state index contributed by atoms with van der Waals surface area (Å²) in [4.78, 5) is 10.9. The van der Waals surface area contributed by atoms with E-state index in [1.54, 1.807) is 0 Å². The molecule has 1 fully saturated rings. The molecule has 0 bridgehead atoms. The molecule has 1 aliphatic rings. The van der Waals surface area contributed by atoms with Crippen LogP contribution in [0.25, 0.3) is 0 Å². The number of amides is 1. The summed E-state index contributed by atoms with van der Waals surface area (Å²) in [5.41, 5.74) is 5.22. The number of hydrogen-bond donors (Lipinski definition) is 2. The first-order chi connectivity index (χ1) is 6.24. The van der Waals surface area contributed by atoms with E-state index >= 15 is 0 Å². The van der Waals surface area contributed by atoms with Gasteiger partial charge in [-0.2, -0.15) is 0 Å². The lowest BCUT2D eigenvalue weighted by molar-refractivity contribution is -0.121. The minimum atomic E-state index is -0.249. The molecule has 1 heterocycles. The molecular formula is C9H18N2O2. The van der Waals surface area contributed by atoms with E-state index in [9.17, 15) is 4.79 Å². The van der Waals surface area contributed by atoms with Crippen molar-refractivity contribution in [2.45, 2.75) is 25.8 Å². The Kier molecular flexibility index (Phi) is 4.18. The Hall–Kier alpha value is -0.610. The van der Waals surface area contributed by atoms with Crippen molar-refractivity contribution < 1.29 is 9.53 Å². The highest BCUT2D eigenvalue weighted by molar-refractivity contribution is 5.79. The van der Waals surface area contributed by atoms with Crippen molar-refractivity contribution in [1.29, 1.82) is 0 Å². The van der Waals surface area contributed by atoms with Crippen molar-refractivity contribution in [3.63, 3.8) is 0 Å². The van der Waals surface area contributed by atoms with Gasteiger partial charge in [-0.3, -0.25) is 4.79 Å². The van der Waals surface area contributed by atoms with Crippen LogP contribution in [0.4, 0.5) is 0 Å². The number of nitrogens with two attached hydrogens (primary N) is 1. The monoisotopic (exact) mass is 186 g/mol. The van der Waals surface area contributed by atoms with Gasteiger partial charge in [-0.25, -0.2) is 0 Å². The first-order valence-electron chi connectivity index (χ1n) is 4.84. The van der Waals surface area contributed by atoms with Crippen LogP contribution >= 0.6 is 0 Å². The number of primary amides is 1. The molecule has 13 heavy (non-hydrogen) atoms. The quantitative estimate of drug-likeness (QED) is 0.643. The molecule has 0 spiro atoms. The van der Waals surface area contributed by atoms with E-state index in [1.165, 1.54) is 0 Å². The van der Waals surface area contributed by atoms with Crippen LogP contribution in [0.3, 0.4) is 0 Å². The highest BCUT2D eigenvalue weighted by Crippen LogP contribution is 2.16. The second-order valence-electron chi connectivity index (χ2n) is 3.46. The molecule has 1 aliphatic heterocycles. The lowest BCUT2D eigenvalue weighted by atomic mass is 9.93. The van der Waals surface area contributed by atoms with E-state index in [0.717, 1.165) is 32.6 Å². The summed E-state index contributed by atoms with van der Waals surface area (Å²) in [6.07, 6.45) is 1.89. The van der Waals surface area contributed by atoms with Crippen LogP contribution in [0.15, 0.2) is 0 Å².